The fourth-order valence-electron chi connectivity index (χ4n) is 4.23. The average Bonchev–Trinajstić information content (AvgIpc) is 2.77. The molecule has 2 N–H and O–H groups in total. The van der Waals surface area contributed by atoms with Crippen LogP contribution < -0.4 is 10.5 Å². The van der Waals surface area contributed by atoms with E-state index < -0.39 is 0 Å². The first-order valence-corrected chi connectivity index (χ1v) is 10.3. The molecule has 3 heteroatoms. The summed E-state index contributed by atoms with van der Waals surface area (Å²) in [6.07, 6.45) is 3.13. The van der Waals surface area contributed by atoms with Gasteiger partial charge in [-0.25, -0.2) is 0 Å². The minimum Gasteiger partial charge on any atom is -0.489 e. The number of primary amides is 1. The van der Waals surface area contributed by atoms with Crippen LogP contribution in [0.4, 0.5) is 0 Å². The van der Waals surface area contributed by atoms with Crippen LogP contribution in [0.2, 0.25) is 0 Å². The van der Waals surface area contributed by atoms with E-state index in [1.807, 2.05) is 19.1 Å². The molecule has 0 aromatic heterocycles. The monoisotopic (exact) mass is 385 g/mol. The molecule has 0 fully saturated rings. The largest absolute Gasteiger partial charge is 0.489 e. The van der Waals surface area contributed by atoms with E-state index in [0.717, 1.165) is 30.6 Å². The third kappa shape index (κ3) is 4.34. The summed E-state index contributed by atoms with van der Waals surface area (Å²) in [6, 6.07) is 25.1. The number of hydrogen-bond acceptors (Lipinski definition) is 2. The number of aryl methyl sites for hydroxylation is 1. The number of benzene rings is 3. The van der Waals surface area contributed by atoms with Gasteiger partial charge in [-0.3, -0.25) is 4.79 Å². The normalized spacial score (nSPS) is 16.7. The molecule has 0 bridgehead atoms. The number of amides is 1. The maximum absolute atomic E-state index is 11.6. The van der Waals surface area contributed by atoms with E-state index >= 15 is 0 Å². The molecule has 0 saturated carbocycles. The van der Waals surface area contributed by atoms with Crippen molar-refractivity contribution in [1.82, 2.24) is 0 Å². The van der Waals surface area contributed by atoms with Gasteiger partial charge in [0.15, 0.2) is 0 Å². The van der Waals surface area contributed by atoms with Gasteiger partial charge in [-0.05, 0) is 65.1 Å². The molecule has 1 aliphatic carbocycles. The zero-order chi connectivity index (χ0) is 20.2. The van der Waals surface area contributed by atoms with E-state index in [2.05, 4.69) is 60.7 Å². The summed E-state index contributed by atoms with van der Waals surface area (Å²) in [6.45, 7) is 2.47. The van der Waals surface area contributed by atoms with Crippen molar-refractivity contribution >= 4 is 5.91 Å². The Labute approximate surface area is 172 Å². The Bertz CT molecular complexity index is 979. The van der Waals surface area contributed by atoms with Crippen molar-refractivity contribution in [2.75, 3.05) is 0 Å². The molecule has 3 aromatic rings. The van der Waals surface area contributed by atoms with Gasteiger partial charge in [0.05, 0.1) is 0 Å². The van der Waals surface area contributed by atoms with Crippen LogP contribution in [0.5, 0.6) is 5.75 Å². The fourth-order valence-corrected chi connectivity index (χ4v) is 4.23. The Morgan fingerprint density at radius 1 is 1.03 bits per heavy atom. The number of carbonyl (C=O) groups is 1. The van der Waals surface area contributed by atoms with Crippen LogP contribution in [0.15, 0.2) is 72.8 Å². The van der Waals surface area contributed by atoms with Gasteiger partial charge < -0.3 is 10.5 Å². The first-order chi connectivity index (χ1) is 14.1. The molecule has 2 unspecified atom stereocenters. The molecule has 148 valence electrons. The highest BCUT2D eigenvalue weighted by molar-refractivity contribution is 5.77. The van der Waals surface area contributed by atoms with Gasteiger partial charge in [0.2, 0.25) is 5.91 Å². The Morgan fingerprint density at radius 3 is 2.48 bits per heavy atom. The van der Waals surface area contributed by atoms with Gasteiger partial charge in [-0.15, -0.1) is 0 Å². The summed E-state index contributed by atoms with van der Waals surface area (Å²) in [7, 11) is 0. The van der Waals surface area contributed by atoms with E-state index in [-0.39, 0.29) is 17.7 Å². The topological polar surface area (TPSA) is 52.3 Å². The number of rotatable bonds is 6. The van der Waals surface area contributed by atoms with Gasteiger partial charge in [-0.1, -0.05) is 67.6 Å². The van der Waals surface area contributed by atoms with Crippen molar-refractivity contribution in [3.63, 3.8) is 0 Å². The number of nitrogens with two attached hydrogens (primary N) is 1. The summed E-state index contributed by atoms with van der Waals surface area (Å²) in [5.74, 6) is 0.741. The predicted molar refractivity (Wildman–Crippen MR) is 117 cm³/mol. The standard InChI is InChI=1S/C26H27NO2/c1-18(26(27)28)24-9-5-8-22-16-23(14-15-25(22)24)29-17-19-10-12-21(13-11-19)20-6-3-2-4-7-20/h2-4,6-7,10-16,18,24H,5,8-9,17H2,1H3,(H2,27,28). The second kappa shape index (κ2) is 8.52. The lowest BCUT2D eigenvalue weighted by Gasteiger charge is -2.29. The van der Waals surface area contributed by atoms with Crippen molar-refractivity contribution in [3.05, 3.63) is 89.5 Å². The SMILES string of the molecule is CC(C(N)=O)C1CCCc2cc(OCc3ccc(-c4ccccc4)cc3)ccc21. The third-order valence-corrected chi connectivity index (χ3v) is 5.99. The highest BCUT2D eigenvalue weighted by atomic mass is 16.5. The molecule has 29 heavy (non-hydrogen) atoms. The molecule has 1 amide bonds. The first-order valence-electron chi connectivity index (χ1n) is 10.3. The highest BCUT2D eigenvalue weighted by Crippen LogP contribution is 2.38. The lowest BCUT2D eigenvalue weighted by Crippen LogP contribution is -2.28. The van der Waals surface area contributed by atoms with Crippen molar-refractivity contribution in [2.24, 2.45) is 11.7 Å². The van der Waals surface area contributed by atoms with E-state index in [4.69, 9.17) is 10.5 Å². The second-order valence-electron chi connectivity index (χ2n) is 7.90. The van der Waals surface area contributed by atoms with Gasteiger partial charge in [-0.2, -0.15) is 0 Å². The van der Waals surface area contributed by atoms with Crippen LogP contribution in [0, 0.1) is 5.92 Å². The molecule has 0 aliphatic heterocycles. The molecule has 0 spiro atoms. The van der Waals surface area contributed by atoms with Gasteiger partial charge in [0.1, 0.15) is 12.4 Å². The lowest BCUT2D eigenvalue weighted by atomic mass is 9.76. The van der Waals surface area contributed by atoms with Crippen LogP contribution >= 0.6 is 0 Å². The molecule has 2 atom stereocenters. The van der Waals surface area contributed by atoms with E-state index in [1.165, 1.54) is 22.3 Å². The number of hydrogen-bond donors (Lipinski definition) is 1. The maximum Gasteiger partial charge on any atom is 0.220 e. The number of carbonyl (C=O) groups excluding carboxylic acids is 1. The van der Waals surface area contributed by atoms with Crippen molar-refractivity contribution in [1.29, 1.82) is 0 Å². The Hall–Kier alpha value is -3.07. The van der Waals surface area contributed by atoms with Crippen molar-refractivity contribution < 1.29 is 9.53 Å². The third-order valence-electron chi connectivity index (χ3n) is 5.99. The second-order valence-corrected chi connectivity index (χ2v) is 7.90. The van der Waals surface area contributed by atoms with Gasteiger partial charge >= 0.3 is 0 Å². The summed E-state index contributed by atoms with van der Waals surface area (Å²) in [5, 5.41) is 0. The van der Waals surface area contributed by atoms with Crippen molar-refractivity contribution in [3.8, 4) is 16.9 Å². The maximum atomic E-state index is 11.6. The minimum absolute atomic E-state index is 0.135. The molecule has 0 radical (unpaired) electrons. The fraction of sp³-hybridized carbons (Fsp3) is 0.269. The summed E-state index contributed by atoms with van der Waals surface area (Å²) < 4.78 is 6.06. The van der Waals surface area contributed by atoms with Gasteiger partial charge in [0, 0.05) is 5.92 Å². The molecule has 4 rings (SSSR count). The first kappa shape index (κ1) is 19.3. The molecule has 0 heterocycles. The van der Waals surface area contributed by atoms with Crippen LogP contribution in [0.3, 0.4) is 0 Å². The Morgan fingerprint density at radius 2 is 1.76 bits per heavy atom. The molecular formula is C26H27NO2. The van der Waals surface area contributed by atoms with Crippen LogP contribution in [0.25, 0.3) is 11.1 Å². The minimum atomic E-state index is -0.220. The number of fused-ring (bicyclic) bond motifs is 1. The van der Waals surface area contributed by atoms with Crippen LogP contribution in [-0.4, -0.2) is 5.91 Å². The van der Waals surface area contributed by atoms with E-state index in [9.17, 15) is 4.79 Å². The predicted octanol–water partition coefficient (Wildman–Crippen LogP) is 5.47. The van der Waals surface area contributed by atoms with Crippen molar-refractivity contribution in [2.45, 2.75) is 38.7 Å². The summed E-state index contributed by atoms with van der Waals surface area (Å²) >= 11 is 0. The average molecular weight is 386 g/mol. The lowest BCUT2D eigenvalue weighted by molar-refractivity contribution is -0.122. The number of ether oxygens (including phenoxy) is 1. The summed E-state index contributed by atoms with van der Waals surface area (Å²) in [4.78, 5) is 11.6. The molecular weight excluding hydrogens is 358 g/mol. The van der Waals surface area contributed by atoms with E-state index in [0.29, 0.717) is 6.61 Å². The summed E-state index contributed by atoms with van der Waals surface area (Å²) in [5.41, 5.74) is 11.7. The zero-order valence-electron chi connectivity index (χ0n) is 16.8. The molecule has 3 aromatic carbocycles. The van der Waals surface area contributed by atoms with Crippen LogP contribution in [-0.2, 0) is 17.8 Å². The van der Waals surface area contributed by atoms with Gasteiger partial charge in [0.25, 0.3) is 0 Å². The smallest absolute Gasteiger partial charge is 0.220 e. The molecule has 0 saturated heterocycles. The van der Waals surface area contributed by atoms with Crippen LogP contribution in [0.1, 0.15) is 42.4 Å². The quantitative estimate of drug-likeness (QED) is 0.611. The van der Waals surface area contributed by atoms with E-state index in [1.54, 1.807) is 0 Å². The molecule has 3 nitrogen and oxygen atoms in total. The molecule has 1 aliphatic rings. The Balaban J connectivity index is 1.44. The zero-order valence-corrected chi connectivity index (χ0v) is 16.8. The highest BCUT2D eigenvalue weighted by Gasteiger charge is 2.28. The Kier molecular flexibility index (Phi) is 5.66.